The maximum atomic E-state index is 12.9. The van der Waals surface area contributed by atoms with Crippen molar-refractivity contribution in [3.8, 4) is 0 Å². The standard InChI is InChI=1S/C17H20ClN3O2/c1-11-14(12(2)23-20-11)9-17(22)21-8-7-19-10-16(21)13-5-3-4-6-15(13)18/h3-6,16,19H,7-10H2,1-2H3. The Balaban J connectivity index is 1.84. The first-order valence-electron chi connectivity index (χ1n) is 7.74. The molecule has 1 aromatic heterocycles. The molecule has 1 atom stereocenters. The third-order valence-corrected chi connectivity index (χ3v) is 4.68. The molecule has 0 aliphatic carbocycles. The van der Waals surface area contributed by atoms with Gasteiger partial charge in [-0.25, -0.2) is 0 Å². The van der Waals surface area contributed by atoms with E-state index in [1.165, 1.54) is 0 Å². The third kappa shape index (κ3) is 3.26. The maximum Gasteiger partial charge on any atom is 0.227 e. The van der Waals surface area contributed by atoms with E-state index in [4.69, 9.17) is 16.1 Å². The molecule has 3 rings (SSSR count). The van der Waals surface area contributed by atoms with Crippen LogP contribution in [0.5, 0.6) is 0 Å². The number of rotatable bonds is 3. The molecule has 1 saturated heterocycles. The van der Waals surface area contributed by atoms with Crippen molar-refractivity contribution < 1.29 is 9.32 Å². The number of benzene rings is 1. The van der Waals surface area contributed by atoms with Gasteiger partial charge in [-0.05, 0) is 25.5 Å². The Labute approximate surface area is 140 Å². The zero-order chi connectivity index (χ0) is 16.4. The SMILES string of the molecule is Cc1noc(C)c1CC(=O)N1CCNCC1c1ccccc1Cl. The molecule has 6 heteroatoms. The van der Waals surface area contributed by atoms with Crippen LogP contribution in [0.25, 0.3) is 0 Å². The molecule has 0 bridgehead atoms. The molecule has 1 fully saturated rings. The largest absolute Gasteiger partial charge is 0.361 e. The number of nitrogens with one attached hydrogen (secondary N) is 1. The van der Waals surface area contributed by atoms with E-state index in [0.29, 0.717) is 30.3 Å². The van der Waals surface area contributed by atoms with Crippen LogP contribution in [-0.4, -0.2) is 35.6 Å². The highest BCUT2D eigenvalue weighted by Gasteiger charge is 2.30. The Morgan fingerprint density at radius 3 is 2.91 bits per heavy atom. The average Bonchev–Trinajstić information content (AvgIpc) is 2.87. The van der Waals surface area contributed by atoms with Crippen LogP contribution >= 0.6 is 11.6 Å². The van der Waals surface area contributed by atoms with Crippen LogP contribution < -0.4 is 5.32 Å². The van der Waals surface area contributed by atoms with E-state index in [2.05, 4.69) is 10.5 Å². The third-order valence-electron chi connectivity index (χ3n) is 4.34. The first-order valence-corrected chi connectivity index (χ1v) is 8.12. The van der Waals surface area contributed by atoms with Crippen molar-refractivity contribution in [1.29, 1.82) is 0 Å². The predicted octanol–water partition coefficient (Wildman–Crippen LogP) is 2.66. The summed E-state index contributed by atoms with van der Waals surface area (Å²) in [5.41, 5.74) is 2.64. The van der Waals surface area contributed by atoms with E-state index in [-0.39, 0.29) is 11.9 Å². The smallest absolute Gasteiger partial charge is 0.227 e. The number of hydrogen-bond acceptors (Lipinski definition) is 4. The summed E-state index contributed by atoms with van der Waals surface area (Å²) < 4.78 is 5.16. The van der Waals surface area contributed by atoms with Gasteiger partial charge >= 0.3 is 0 Å². The first-order chi connectivity index (χ1) is 11.1. The van der Waals surface area contributed by atoms with Gasteiger partial charge in [0, 0.05) is 30.2 Å². The lowest BCUT2D eigenvalue weighted by Gasteiger charge is -2.37. The van der Waals surface area contributed by atoms with Gasteiger partial charge in [0.25, 0.3) is 0 Å². The summed E-state index contributed by atoms with van der Waals surface area (Å²) >= 11 is 6.33. The molecule has 1 unspecified atom stereocenters. The highest BCUT2D eigenvalue weighted by Crippen LogP contribution is 2.29. The van der Waals surface area contributed by atoms with Gasteiger partial charge in [0.05, 0.1) is 18.2 Å². The van der Waals surface area contributed by atoms with Gasteiger partial charge < -0.3 is 14.7 Å². The number of aromatic nitrogens is 1. The summed E-state index contributed by atoms with van der Waals surface area (Å²) in [5.74, 6) is 0.783. The van der Waals surface area contributed by atoms with Gasteiger partial charge in [-0.15, -0.1) is 0 Å². The van der Waals surface area contributed by atoms with E-state index >= 15 is 0 Å². The lowest BCUT2D eigenvalue weighted by atomic mass is 10.0. The molecular weight excluding hydrogens is 314 g/mol. The normalized spacial score (nSPS) is 18.2. The number of carbonyl (C=O) groups is 1. The van der Waals surface area contributed by atoms with Crippen LogP contribution in [0, 0.1) is 13.8 Å². The number of piperazine rings is 1. The van der Waals surface area contributed by atoms with E-state index < -0.39 is 0 Å². The van der Waals surface area contributed by atoms with Gasteiger partial charge in [-0.1, -0.05) is 35.0 Å². The number of amides is 1. The molecule has 0 saturated carbocycles. The summed E-state index contributed by atoms with van der Waals surface area (Å²) in [7, 11) is 0. The molecular formula is C17H20ClN3O2. The Bertz CT molecular complexity index is 694. The average molecular weight is 334 g/mol. The van der Waals surface area contributed by atoms with E-state index in [1.807, 2.05) is 43.0 Å². The van der Waals surface area contributed by atoms with Gasteiger partial charge in [-0.3, -0.25) is 4.79 Å². The zero-order valence-electron chi connectivity index (χ0n) is 13.3. The minimum atomic E-state index is -0.0505. The summed E-state index contributed by atoms with van der Waals surface area (Å²) in [6.07, 6.45) is 0.308. The summed E-state index contributed by atoms with van der Waals surface area (Å²) in [6, 6.07) is 7.65. The minimum Gasteiger partial charge on any atom is -0.361 e. The van der Waals surface area contributed by atoms with Crippen LogP contribution in [0.4, 0.5) is 0 Å². The quantitative estimate of drug-likeness (QED) is 0.938. The number of halogens is 1. The first kappa shape index (κ1) is 16.0. The number of hydrogen-bond donors (Lipinski definition) is 1. The molecule has 1 aliphatic rings. The molecule has 0 spiro atoms. The Morgan fingerprint density at radius 1 is 1.43 bits per heavy atom. The monoisotopic (exact) mass is 333 g/mol. The molecule has 2 aromatic rings. The second kappa shape index (κ2) is 6.72. The predicted molar refractivity (Wildman–Crippen MR) is 88.5 cm³/mol. The van der Waals surface area contributed by atoms with Crippen molar-refractivity contribution in [2.45, 2.75) is 26.3 Å². The number of nitrogens with zero attached hydrogens (tertiary/aromatic N) is 2. The lowest BCUT2D eigenvalue weighted by molar-refractivity contribution is -0.133. The maximum absolute atomic E-state index is 12.9. The summed E-state index contributed by atoms with van der Waals surface area (Å²) in [6.45, 7) is 5.86. The van der Waals surface area contributed by atoms with Crippen LogP contribution in [0.2, 0.25) is 5.02 Å². The molecule has 122 valence electrons. The zero-order valence-corrected chi connectivity index (χ0v) is 14.1. The summed E-state index contributed by atoms with van der Waals surface area (Å²) in [4.78, 5) is 14.8. The van der Waals surface area contributed by atoms with E-state index in [9.17, 15) is 4.79 Å². The van der Waals surface area contributed by atoms with Crippen LogP contribution in [-0.2, 0) is 11.2 Å². The molecule has 2 heterocycles. The molecule has 1 N–H and O–H groups in total. The molecule has 0 radical (unpaired) electrons. The highest BCUT2D eigenvalue weighted by molar-refractivity contribution is 6.31. The topological polar surface area (TPSA) is 58.4 Å². The fourth-order valence-corrected chi connectivity index (χ4v) is 3.29. The second-order valence-electron chi connectivity index (χ2n) is 5.81. The van der Waals surface area contributed by atoms with Crippen molar-refractivity contribution in [3.05, 3.63) is 51.9 Å². The number of aryl methyl sites for hydroxylation is 2. The fraction of sp³-hybridized carbons (Fsp3) is 0.412. The molecule has 5 nitrogen and oxygen atoms in total. The van der Waals surface area contributed by atoms with Crippen molar-refractivity contribution in [1.82, 2.24) is 15.4 Å². The van der Waals surface area contributed by atoms with Gasteiger partial charge in [-0.2, -0.15) is 0 Å². The molecule has 1 amide bonds. The number of carbonyl (C=O) groups excluding carboxylic acids is 1. The van der Waals surface area contributed by atoms with Crippen molar-refractivity contribution in [2.75, 3.05) is 19.6 Å². The van der Waals surface area contributed by atoms with Crippen LogP contribution in [0.1, 0.15) is 28.6 Å². The van der Waals surface area contributed by atoms with Gasteiger partial charge in [0.15, 0.2) is 0 Å². The van der Waals surface area contributed by atoms with Gasteiger partial charge in [0.2, 0.25) is 5.91 Å². The Morgan fingerprint density at radius 2 is 2.22 bits per heavy atom. The fourth-order valence-electron chi connectivity index (χ4n) is 3.03. The molecule has 1 aromatic carbocycles. The molecule has 23 heavy (non-hydrogen) atoms. The van der Waals surface area contributed by atoms with Crippen molar-refractivity contribution in [2.24, 2.45) is 0 Å². The van der Waals surface area contributed by atoms with Crippen LogP contribution in [0.15, 0.2) is 28.8 Å². The van der Waals surface area contributed by atoms with Crippen molar-refractivity contribution >= 4 is 17.5 Å². The van der Waals surface area contributed by atoms with Crippen molar-refractivity contribution in [3.63, 3.8) is 0 Å². The Kier molecular flexibility index (Phi) is 4.68. The van der Waals surface area contributed by atoms with E-state index in [0.717, 1.165) is 23.4 Å². The highest BCUT2D eigenvalue weighted by atomic mass is 35.5. The minimum absolute atomic E-state index is 0.0505. The molecule has 1 aliphatic heterocycles. The lowest BCUT2D eigenvalue weighted by Crippen LogP contribution is -2.49. The second-order valence-corrected chi connectivity index (χ2v) is 6.22. The van der Waals surface area contributed by atoms with E-state index in [1.54, 1.807) is 0 Å². The van der Waals surface area contributed by atoms with Crippen LogP contribution in [0.3, 0.4) is 0 Å². The summed E-state index contributed by atoms with van der Waals surface area (Å²) in [5, 5.41) is 7.96. The van der Waals surface area contributed by atoms with Gasteiger partial charge in [0.1, 0.15) is 5.76 Å². The Hall–Kier alpha value is -1.85.